The first kappa shape index (κ1) is 19.4. The molecule has 0 saturated heterocycles. The van der Waals surface area contributed by atoms with Gasteiger partial charge in [-0.3, -0.25) is 4.79 Å². The Balaban J connectivity index is 1.57. The third-order valence-electron chi connectivity index (χ3n) is 4.46. The summed E-state index contributed by atoms with van der Waals surface area (Å²) in [6, 6.07) is 17.8. The minimum atomic E-state index is -0.231. The zero-order valence-electron chi connectivity index (χ0n) is 16.2. The lowest BCUT2D eigenvalue weighted by Crippen LogP contribution is -2.21. The summed E-state index contributed by atoms with van der Waals surface area (Å²) >= 11 is 0. The van der Waals surface area contributed by atoms with Gasteiger partial charge in [-0.1, -0.05) is 30.3 Å². The molecule has 0 radical (unpaired) electrons. The molecule has 0 saturated carbocycles. The Morgan fingerprint density at radius 1 is 0.929 bits per heavy atom. The molecule has 1 heterocycles. The first-order valence-corrected chi connectivity index (χ1v) is 9.45. The third kappa shape index (κ3) is 5.07. The number of amides is 1. The second-order valence-corrected chi connectivity index (χ2v) is 6.31. The molecule has 2 N–H and O–H groups in total. The van der Waals surface area contributed by atoms with E-state index in [0.29, 0.717) is 18.1 Å². The van der Waals surface area contributed by atoms with Gasteiger partial charge in [0.15, 0.2) is 0 Å². The van der Waals surface area contributed by atoms with Crippen LogP contribution in [0.15, 0.2) is 67.0 Å². The van der Waals surface area contributed by atoms with Crippen molar-refractivity contribution in [3.05, 3.63) is 78.1 Å². The van der Waals surface area contributed by atoms with E-state index < -0.39 is 0 Å². The van der Waals surface area contributed by atoms with E-state index in [1.165, 1.54) is 12.4 Å². The van der Waals surface area contributed by atoms with Gasteiger partial charge in [0.25, 0.3) is 5.91 Å². The fraction of sp³-hybridized carbons (Fsp3) is 0.227. The number of aromatic nitrogens is 2. The summed E-state index contributed by atoms with van der Waals surface area (Å²) in [4.78, 5) is 23.1. The molecule has 1 amide bonds. The van der Waals surface area contributed by atoms with E-state index in [1.54, 1.807) is 0 Å². The molecule has 0 aliphatic heterocycles. The predicted octanol–water partition coefficient (Wildman–Crippen LogP) is 4.19. The van der Waals surface area contributed by atoms with E-state index in [-0.39, 0.29) is 5.91 Å². The predicted molar refractivity (Wildman–Crippen MR) is 114 cm³/mol. The Morgan fingerprint density at radius 3 is 2.18 bits per heavy atom. The quantitative estimate of drug-likeness (QED) is 0.618. The summed E-state index contributed by atoms with van der Waals surface area (Å²) in [5.41, 5.74) is 3.44. The van der Waals surface area contributed by atoms with Crippen LogP contribution in [0.25, 0.3) is 0 Å². The summed E-state index contributed by atoms with van der Waals surface area (Å²) in [6.07, 6.45) is 3.06. The Morgan fingerprint density at radius 2 is 1.57 bits per heavy atom. The smallest absolute Gasteiger partial charge is 0.258 e. The van der Waals surface area contributed by atoms with Gasteiger partial charge in [-0.05, 0) is 43.7 Å². The van der Waals surface area contributed by atoms with E-state index in [2.05, 4.69) is 39.3 Å². The van der Waals surface area contributed by atoms with Crippen molar-refractivity contribution < 1.29 is 4.79 Å². The third-order valence-corrected chi connectivity index (χ3v) is 4.46. The molecule has 1 aromatic heterocycles. The van der Waals surface area contributed by atoms with E-state index in [4.69, 9.17) is 0 Å². The number of nitrogens with one attached hydrogen (secondary N) is 2. The monoisotopic (exact) mass is 375 g/mol. The molecule has 144 valence electrons. The Labute approximate surface area is 165 Å². The van der Waals surface area contributed by atoms with Crippen LogP contribution < -0.4 is 15.5 Å². The molecule has 3 rings (SSSR count). The van der Waals surface area contributed by atoms with Gasteiger partial charge >= 0.3 is 0 Å². The number of carbonyl (C=O) groups excluding carboxylic acids is 1. The van der Waals surface area contributed by atoms with Gasteiger partial charge in [0.05, 0.1) is 5.56 Å². The average Bonchev–Trinajstić information content (AvgIpc) is 2.75. The topological polar surface area (TPSA) is 70.2 Å². The molecule has 2 aromatic carbocycles. The highest BCUT2D eigenvalue weighted by molar-refractivity contribution is 6.03. The first-order chi connectivity index (χ1) is 13.7. The van der Waals surface area contributed by atoms with Gasteiger partial charge < -0.3 is 15.5 Å². The number of anilines is 3. The molecule has 0 aliphatic carbocycles. The van der Waals surface area contributed by atoms with Gasteiger partial charge in [-0.25, -0.2) is 9.97 Å². The van der Waals surface area contributed by atoms with Crippen LogP contribution in [0.1, 0.15) is 29.8 Å². The van der Waals surface area contributed by atoms with Crippen molar-refractivity contribution in [3.63, 3.8) is 0 Å². The summed E-state index contributed by atoms with van der Waals surface area (Å²) < 4.78 is 0. The summed E-state index contributed by atoms with van der Waals surface area (Å²) in [5, 5.41) is 6.03. The number of rotatable bonds is 8. The molecule has 0 unspecified atom stereocenters. The van der Waals surface area contributed by atoms with Crippen LogP contribution in [-0.2, 0) is 6.54 Å². The molecular weight excluding hydrogens is 350 g/mol. The van der Waals surface area contributed by atoms with Crippen LogP contribution in [0, 0.1) is 0 Å². The van der Waals surface area contributed by atoms with Crippen LogP contribution in [0.4, 0.5) is 17.3 Å². The fourth-order valence-corrected chi connectivity index (χ4v) is 2.86. The van der Waals surface area contributed by atoms with Crippen molar-refractivity contribution in [1.82, 2.24) is 9.97 Å². The van der Waals surface area contributed by atoms with E-state index in [1.807, 2.05) is 54.6 Å². The SMILES string of the molecule is CCN(CC)c1ccc(NC(=O)c2cnc(NCc3ccccc3)nc2)cc1. The van der Waals surface area contributed by atoms with Crippen molar-refractivity contribution in [2.45, 2.75) is 20.4 Å². The van der Waals surface area contributed by atoms with E-state index in [0.717, 1.165) is 30.0 Å². The average molecular weight is 375 g/mol. The van der Waals surface area contributed by atoms with Gasteiger partial charge in [0.1, 0.15) is 0 Å². The highest BCUT2D eigenvalue weighted by atomic mass is 16.1. The van der Waals surface area contributed by atoms with Gasteiger partial charge in [-0.2, -0.15) is 0 Å². The van der Waals surface area contributed by atoms with Gasteiger partial charge in [0.2, 0.25) is 5.95 Å². The van der Waals surface area contributed by atoms with Gasteiger partial charge in [-0.15, -0.1) is 0 Å². The highest BCUT2D eigenvalue weighted by Gasteiger charge is 2.09. The number of hydrogen-bond acceptors (Lipinski definition) is 5. The van der Waals surface area contributed by atoms with E-state index in [9.17, 15) is 4.79 Å². The summed E-state index contributed by atoms with van der Waals surface area (Å²) in [6.45, 7) is 6.77. The van der Waals surface area contributed by atoms with Crippen molar-refractivity contribution in [2.24, 2.45) is 0 Å². The molecule has 6 nitrogen and oxygen atoms in total. The largest absolute Gasteiger partial charge is 0.372 e. The van der Waals surface area contributed by atoms with Crippen molar-refractivity contribution in [3.8, 4) is 0 Å². The number of nitrogens with zero attached hydrogens (tertiary/aromatic N) is 3. The zero-order valence-corrected chi connectivity index (χ0v) is 16.2. The highest BCUT2D eigenvalue weighted by Crippen LogP contribution is 2.18. The minimum Gasteiger partial charge on any atom is -0.372 e. The minimum absolute atomic E-state index is 0.231. The lowest BCUT2D eigenvalue weighted by molar-refractivity contribution is 0.102. The lowest BCUT2D eigenvalue weighted by atomic mass is 10.2. The van der Waals surface area contributed by atoms with E-state index >= 15 is 0 Å². The van der Waals surface area contributed by atoms with Crippen LogP contribution in [0.2, 0.25) is 0 Å². The van der Waals surface area contributed by atoms with Crippen LogP contribution in [0.3, 0.4) is 0 Å². The maximum atomic E-state index is 12.4. The fourth-order valence-electron chi connectivity index (χ4n) is 2.86. The Hall–Kier alpha value is -3.41. The molecule has 6 heteroatoms. The molecule has 0 bridgehead atoms. The van der Waals surface area contributed by atoms with Crippen molar-refractivity contribution >= 4 is 23.2 Å². The normalized spacial score (nSPS) is 10.4. The van der Waals surface area contributed by atoms with Crippen molar-refractivity contribution in [1.29, 1.82) is 0 Å². The number of benzene rings is 2. The Kier molecular flexibility index (Phi) is 6.57. The second-order valence-electron chi connectivity index (χ2n) is 6.31. The molecule has 28 heavy (non-hydrogen) atoms. The van der Waals surface area contributed by atoms with Gasteiger partial charge in [0, 0.05) is 43.4 Å². The molecule has 3 aromatic rings. The molecule has 0 fully saturated rings. The zero-order chi connectivity index (χ0) is 19.8. The van der Waals surface area contributed by atoms with Crippen LogP contribution >= 0.6 is 0 Å². The number of carbonyl (C=O) groups is 1. The second kappa shape index (κ2) is 9.50. The maximum absolute atomic E-state index is 12.4. The summed E-state index contributed by atoms with van der Waals surface area (Å²) in [7, 11) is 0. The molecule has 0 atom stereocenters. The maximum Gasteiger partial charge on any atom is 0.258 e. The van der Waals surface area contributed by atoms with Crippen LogP contribution in [0.5, 0.6) is 0 Å². The molecule has 0 spiro atoms. The summed E-state index contributed by atoms with van der Waals surface area (Å²) in [5.74, 6) is 0.258. The molecule has 0 aliphatic rings. The number of hydrogen-bond donors (Lipinski definition) is 2. The van der Waals surface area contributed by atoms with Crippen molar-refractivity contribution in [2.75, 3.05) is 28.6 Å². The first-order valence-electron chi connectivity index (χ1n) is 9.45. The molecular formula is C22H25N5O. The standard InChI is InChI=1S/C22H25N5O/c1-3-27(4-2)20-12-10-19(11-13-20)26-21(28)18-15-24-22(25-16-18)23-14-17-8-6-5-7-9-17/h5-13,15-16H,3-4,14H2,1-2H3,(H,26,28)(H,23,24,25). The lowest BCUT2D eigenvalue weighted by Gasteiger charge is -2.21. The van der Waals surface area contributed by atoms with Crippen LogP contribution in [-0.4, -0.2) is 29.0 Å². The Bertz CT molecular complexity index is 875.